The summed E-state index contributed by atoms with van der Waals surface area (Å²) < 4.78 is 11.6. The molecular weight excluding hydrogens is 386 g/mol. The second kappa shape index (κ2) is 10.3. The van der Waals surface area contributed by atoms with Gasteiger partial charge in [-0.3, -0.25) is 14.5 Å². The Labute approximate surface area is 168 Å². The minimum atomic E-state index is -0.885. The van der Waals surface area contributed by atoms with E-state index in [1.54, 1.807) is 13.2 Å². The van der Waals surface area contributed by atoms with Crippen LogP contribution in [0.5, 0.6) is 11.5 Å². The molecule has 0 unspecified atom stereocenters. The molecule has 8 heteroatoms. The molecule has 6 nitrogen and oxygen atoms in total. The second-order valence-corrected chi connectivity index (χ2v) is 7.62. The van der Waals surface area contributed by atoms with Gasteiger partial charge in [0.05, 0.1) is 18.6 Å². The van der Waals surface area contributed by atoms with E-state index in [1.807, 2.05) is 18.2 Å². The van der Waals surface area contributed by atoms with Crippen LogP contribution in [0, 0.1) is 0 Å². The predicted molar refractivity (Wildman–Crippen MR) is 110 cm³/mol. The van der Waals surface area contributed by atoms with Crippen molar-refractivity contribution in [2.24, 2.45) is 0 Å². The lowest BCUT2D eigenvalue weighted by molar-refractivity contribution is -0.137. The number of rotatable bonds is 10. The Balaban J connectivity index is 2.10. The summed E-state index contributed by atoms with van der Waals surface area (Å²) in [6.07, 6.45) is 4.15. The number of amides is 1. The zero-order valence-corrected chi connectivity index (χ0v) is 17.0. The first-order chi connectivity index (χ1) is 13.0. The van der Waals surface area contributed by atoms with Gasteiger partial charge in [-0.25, -0.2) is 0 Å². The van der Waals surface area contributed by atoms with Crippen molar-refractivity contribution < 1.29 is 24.2 Å². The molecule has 0 atom stereocenters. The SMILES string of the molecule is CCCCOc1ccc(/C=C2\SC(=S)N(CCCC(=O)O)C2=O)cc1OC. The van der Waals surface area contributed by atoms with Crippen LogP contribution in [0.4, 0.5) is 0 Å². The van der Waals surface area contributed by atoms with Gasteiger partial charge in [0, 0.05) is 13.0 Å². The quantitative estimate of drug-likeness (QED) is 0.356. The normalized spacial score (nSPS) is 15.5. The van der Waals surface area contributed by atoms with Gasteiger partial charge >= 0.3 is 5.97 Å². The van der Waals surface area contributed by atoms with Crippen molar-refractivity contribution in [2.75, 3.05) is 20.3 Å². The fourth-order valence-corrected chi connectivity index (χ4v) is 3.76. The molecule has 1 saturated heterocycles. The summed E-state index contributed by atoms with van der Waals surface area (Å²) in [5.41, 5.74) is 0.806. The maximum Gasteiger partial charge on any atom is 0.303 e. The van der Waals surface area contributed by atoms with Crippen LogP contribution in [0.2, 0.25) is 0 Å². The number of methoxy groups -OCH3 is 1. The van der Waals surface area contributed by atoms with Crippen LogP contribution in [0.1, 0.15) is 38.2 Å². The van der Waals surface area contributed by atoms with Gasteiger partial charge < -0.3 is 14.6 Å². The number of carboxylic acid groups (broad SMARTS) is 1. The monoisotopic (exact) mass is 409 g/mol. The van der Waals surface area contributed by atoms with Crippen molar-refractivity contribution in [1.29, 1.82) is 0 Å². The molecule has 1 N–H and O–H groups in total. The lowest BCUT2D eigenvalue weighted by Gasteiger charge is -2.13. The number of thioether (sulfide) groups is 1. The van der Waals surface area contributed by atoms with Crippen LogP contribution >= 0.6 is 24.0 Å². The third kappa shape index (κ3) is 5.97. The van der Waals surface area contributed by atoms with Gasteiger partial charge in [-0.15, -0.1) is 0 Å². The number of benzene rings is 1. The molecule has 1 aromatic carbocycles. The van der Waals surface area contributed by atoms with E-state index in [0.717, 1.165) is 18.4 Å². The summed E-state index contributed by atoms with van der Waals surface area (Å²) in [5.74, 6) is 0.197. The molecule has 1 heterocycles. The molecule has 1 fully saturated rings. The molecule has 1 aromatic rings. The van der Waals surface area contributed by atoms with Crippen molar-refractivity contribution in [3.05, 3.63) is 28.7 Å². The van der Waals surface area contributed by atoms with E-state index in [1.165, 1.54) is 16.7 Å². The number of hydrogen-bond acceptors (Lipinski definition) is 6. The fourth-order valence-electron chi connectivity index (χ4n) is 2.45. The Kier molecular flexibility index (Phi) is 8.12. The molecule has 0 aliphatic carbocycles. The Morgan fingerprint density at radius 3 is 2.78 bits per heavy atom. The van der Waals surface area contributed by atoms with Gasteiger partial charge in [0.1, 0.15) is 4.32 Å². The maximum absolute atomic E-state index is 12.5. The number of carbonyl (C=O) groups excluding carboxylic acids is 1. The smallest absolute Gasteiger partial charge is 0.303 e. The van der Waals surface area contributed by atoms with E-state index in [9.17, 15) is 9.59 Å². The third-order valence-corrected chi connectivity index (χ3v) is 5.26. The van der Waals surface area contributed by atoms with E-state index in [2.05, 4.69) is 6.92 Å². The van der Waals surface area contributed by atoms with Gasteiger partial charge in [-0.2, -0.15) is 0 Å². The van der Waals surface area contributed by atoms with Crippen LogP contribution < -0.4 is 9.47 Å². The van der Waals surface area contributed by atoms with Crippen LogP contribution in [-0.2, 0) is 9.59 Å². The molecule has 0 radical (unpaired) electrons. The Hall–Kier alpha value is -2.06. The van der Waals surface area contributed by atoms with E-state index in [4.69, 9.17) is 26.8 Å². The highest BCUT2D eigenvalue weighted by Gasteiger charge is 2.31. The van der Waals surface area contributed by atoms with Crippen molar-refractivity contribution in [3.63, 3.8) is 0 Å². The molecule has 1 aliphatic heterocycles. The van der Waals surface area contributed by atoms with Gasteiger partial charge in [0.15, 0.2) is 11.5 Å². The minimum absolute atomic E-state index is 0.00675. The molecular formula is C19H23NO5S2. The third-order valence-electron chi connectivity index (χ3n) is 3.89. The number of nitrogens with zero attached hydrogens (tertiary/aromatic N) is 1. The molecule has 1 aliphatic rings. The lowest BCUT2D eigenvalue weighted by Crippen LogP contribution is -2.29. The summed E-state index contributed by atoms with van der Waals surface area (Å²) >= 11 is 6.47. The van der Waals surface area contributed by atoms with E-state index in [-0.39, 0.29) is 12.3 Å². The standard InChI is InChI=1S/C19H23NO5S2/c1-3-4-10-25-14-8-7-13(11-15(14)24-2)12-16-18(23)20(19(26)27-16)9-5-6-17(21)22/h7-8,11-12H,3-6,9-10H2,1-2H3,(H,21,22)/b16-12-. The summed E-state index contributed by atoms with van der Waals surface area (Å²) in [6.45, 7) is 3.03. The topological polar surface area (TPSA) is 76.1 Å². The highest BCUT2D eigenvalue weighted by atomic mass is 32.2. The van der Waals surface area contributed by atoms with Crippen LogP contribution in [-0.4, -0.2) is 46.5 Å². The van der Waals surface area contributed by atoms with E-state index < -0.39 is 5.97 Å². The Bertz CT molecular complexity index is 748. The summed E-state index contributed by atoms with van der Waals surface area (Å²) in [4.78, 5) is 25.1. The number of aliphatic carboxylic acids is 1. The van der Waals surface area contributed by atoms with Gasteiger partial charge in [-0.1, -0.05) is 43.4 Å². The zero-order chi connectivity index (χ0) is 19.8. The Morgan fingerprint density at radius 1 is 1.33 bits per heavy atom. The van der Waals surface area contributed by atoms with Gasteiger partial charge in [0.2, 0.25) is 0 Å². The first kappa shape index (κ1) is 21.2. The van der Waals surface area contributed by atoms with E-state index in [0.29, 0.717) is 40.3 Å². The van der Waals surface area contributed by atoms with Crippen molar-refractivity contribution in [3.8, 4) is 11.5 Å². The number of thiocarbonyl (C=S) groups is 1. The molecule has 27 heavy (non-hydrogen) atoms. The highest BCUT2D eigenvalue weighted by molar-refractivity contribution is 8.26. The minimum Gasteiger partial charge on any atom is -0.493 e. The number of ether oxygens (including phenoxy) is 2. The molecule has 146 valence electrons. The van der Waals surface area contributed by atoms with Gasteiger partial charge in [0.25, 0.3) is 5.91 Å². The van der Waals surface area contributed by atoms with Crippen LogP contribution in [0.3, 0.4) is 0 Å². The number of carboxylic acids is 1. The molecule has 0 aromatic heterocycles. The van der Waals surface area contributed by atoms with Gasteiger partial charge in [-0.05, 0) is 36.6 Å². The summed E-state index contributed by atoms with van der Waals surface area (Å²) in [6, 6.07) is 5.51. The molecule has 0 spiro atoms. The van der Waals surface area contributed by atoms with Crippen molar-refractivity contribution >= 4 is 46.3 Å². The van der Waals surface area contributed by atoms with Crippen molar-refractivity contribution in [2.45, 2.75) is 32.6 Å². The average molecular weight is 410 g/mol. The average Bonchev–Trinajstić information content (AvgIpc) is 2.90. The summed E-state index contributed by atoms with van der Waals surface area (Å²) in [5, 5.41) is 8.73. The maximum atomic E-state index is 12.5. The second-order valence-electron chi connectivity index (χ2n) is 5.94. The molecule has 2 rings (SSSR count). The van der Waals surface area contributed by atoms with E-state index >= 15 is 0 Å². The largest absolute Gasteiger partial charge is 0.493 e. The van der Waals surface area contributed by atoms with Crippen LogP contribution in [0.15, 0.2) is 23.1 Å². The number of carbonyl (C=O) groups is 2. The fraction of sp³-hybridized carbons (Fsp3) is 0.421. The zero-order valence-electron chi connectivity index (χ0n) is 15.4. The predicted octanol–water partition coefficient (Wildman–Crippen LogP) is 3.94. The molecule has 0 bridgehead atoms. The Morgan fingerprint density at radius 2 is 2.11 bits per heavy atom. The molecule has 0 saturated carbocycles. The van der Waals surface area contributed by atoms with Crippen LogP contribution in [0.25, 0.3) is 6.08 Å². The lowest BCUT2D eigenvalue weighted by atomic mass is 10.2. The first-order valence-corrected chi connectivity index (χ1v) is 9.96. The number of hydrogen-bond donors (Lipinski definition) is 1. The highest BCUT2D eigenvalue weighted by Crippen LogP contribution is 2.35. The first-order valence-electron chi connectivity index (χ1n) is 8.74. The summed E-state index contributed by atoms with van der Waals surface area (Å²) in [7, 11) is 1.58. The van der Waals surface area contributed by atoms with Crippen molar-refractivity contribution in [1.82, 2.24) is 4.90 Å². The molecule has 1 amide bonds. The number of unbranched alkanes of at least 4 members (excludes halogenated alkanes) is 1.